The molecule has 1 N–H and O–H groups in total. The molecule has 0 aliphatic carbocycles. The van der Waals surface area contributed by atoms with Crippen LogP contribution in [-0.2, 0) is 0 Å². The van der Waals surface area contributed by atoms with Crippen LogP contribution in [0.2, 0.25) is 0 Å². The largest absolute Gasteiger partial charge is 0.395 e. The van der Waals surface area contributed by atoms with Crippen molar-refractivity contribution in [2.45, 2.75) is 33.7 Å². The maximum atomic E-state index is 8.91. The van der Waals surface area contributed by atoms with Gasteiger partial charge in [0.1, 0.15) is 0 Å². The normalized spacial score (nSPS) is 12.0. The van der Waals surface area contributed by atoms with Gasteiger partial charge in [-0.1, -0.05) is 13.8 Å². The lowest BCUT2D eigenvalue weighted by molar-refractivity contribution is 0.146. The van der Waals surface area contributed by atoms with Crippen LogP contribution in [0.5, 0.6) is 0 Å². The molecular weight excluding hydrogens is 176 g/mol. The van der Waals surface area contributed by atoms with Gasteiger partial charge in [-0.15, -0.1) is 0 Å². The first kappa shape index (κ1) is 13.9. The molecule has 0 rings (SSSR count). The number of likely N-dealkylation sites (N-methyl/N-ethyl adjacent to an activating group) is 1. The van der Waals surface area contributed by atoms with E-state index in [1.54, 1.807) is 0 Å². The van der Waals surface area contributed by atoms with Crippen LogP contribution >= 0.6 is 0 Å². The summed E-state index contributed by atoms with van der Waals surface area (Å²) >= 11 is 0. The molecule has 86 valence electrons. The van der Waals surface area contributed by atoms with Crippen LogP contribution in [0.4, 0.5) is 0 Å². The Hall–Kier alpha value is -0.120. The van der Waals surface area contributed by atoms with Crippen molar-refractivity contribution in [1.82, 2.24) is 9.80 Å². The van der Waals surface area contributed by atoms with E-state index < -0.39 is 0 Å². The highest BCUT2D eigenvalue weighted by atomic mass is 16.3. The third-order valence-corrected chi connectivity index (χ3v) is 2.72. The number of aliphatic hydroxyl groups is 1. The van der Waals surface area contributed by atoms with Crippen LogP contribution in [0, 0.1) is 0 Å². The fraction of sp³-hybridized carbons (Fsp3) is 1.00. The van der Waals surface area contributed by atoms with Gasteiger partial charge in [0.05, 0.1) is 6.61 Å². The Morgan fingerprint density at radius 2 is 1.57 bits per heavy atom. The van der Waals surface area contributed by atoms with Crippen molar-refractivity contribution >= 4 is 0 Å². The first-order valence-electron chi connectivity index (χ1n) is 5.72. The van der Waals surface area contributed by atoms with Crippen molar-refractivity contribution in [3.8, 4) is 0 Å². The minimum absolute atomic E-state index is 0.260. The van der Waals surface area contributed by atoms with Crippen LogP contribution < -0.4 is 0 Å². The molecule has 0 atom stereocenters. The van der Waals surface area contributed by atoms with Gasteiger partial charge in [0.25, 0.3) is 0 Å². The summed E-state index contributed by atoms with van der Waals surface area (Å²) in [5, 5.41) is 8.91. The topological polar surface area (TPSA) is 26.7 Å². The van der Waals surface area contributed by atoms with Crippen LogP contribution in [0.25, 0.3) is 0 Å². The predicted octanol–water partition coefficient (Wildman–Crippen LogP) is 1.03. The Morgan fingerprint density at radius 1 is 1.00 bits per heavy atom. The van der Waals surface area contributed by atoms with Crippen LogP contribution in [0.3, 0.4) is 0 Å². The second-order valence-electron chi connectivity index (χ2n) is 3.88. The van der Waals surface area contributed by atoms with E-state index in [0.29, 0.717) is 6.04 Å². The Balaban J connectivity index is 3.79. The third-order valence-electron chi connectivity index (χ3n) is 2.72. The lowest BCUT2D eigenvalue weighted by Gasteiger charge is -2.28. The van der Waals surface area contributed by atoms with Crippen molar-refractivity contribution in [3.05, 3.63) is 0 Å². The highest BCUT2D eigenvalue weighted by Crippen LogP contribution is 1.98. The smallest absolute Gasteiger partial charge is 0.0558 e. The maximum Gasteiger partial charge on any atom is 0.0558 e. The molecule has 0 aliphatic heterocycles. The third kappa shape index (κ3) is 5.58. The molecule has 0 spiro atoms. The molecule has 0 bridgehead atoms. The molecule has 3 nitrogen and oxygen atoms in total. The van der Waals surface area contributed by atoms with E-state index >= 15 is 0 Å². The molecule has 0 radical (unpaired) electrons. The monoisotopic (exact) mass is 202 g/mol. The van der Waals surface area contributed by atoms with Gasteiger partial charge in [-0.25, -0.2) is 0 Å². The first-order valence-corrected chi connectivity index (χ1v) is 5.72. The van der Waals surface area contributed by atoms with E-state index in [9.17, 15) is 0 Å². The molecule has 14 heavy (non-hydrogen) atoms. The highest BCUT2D eigenvalue weighted by Gasteiger charge is 2.09. The molecule has 0 aliphatic rings. The minimum Gasteiger partial charge on any atom is -0.395 e. The Morgan fingerprint density at radius 3 is 1.93 bits per heavy atom. The van der Waals surface area contributed by atoms with E-state index in [1.165, 1.54) is 0 Å². The SMILES string of the molecule is CCN(CC)CCN(CCO)C(C)C. The summed E-state index contributed by atoms with van der Waals surface area (Å²) in [5.74, 6) is 0. The summed E-state index contributed by atoms with van der Waals surface area (Å²) in [4.78, 5) is 4.73. The quantitative estimate of drug-likeness (QED) is 0.637. The number of rotatable bonds is 8. The molecular formula is C11H26N2O. The number of nitrogens with zero attached hydrogens (tertiary/aromatic N) is 2. The summed E-state index contributed by atoms with van der Waals surface area (Å²) in [5.41, 5.74) is 0. The van der Waals surface area contributed by atoms with Gasteiger partial charge in [-0.05, 0) is 26.9 Å². The maximum absolute atomic E-state index is 8.91. The lowest BCUT2D eigenvalue weighted by atomic mass is 10.3. The van der Waals surface area contributed by atoms with Gasteiger partial charge >= 0.3 is 0 Å². The van der Waals surface area contributed by atoms with Crippen LogP contribution in [0.1, 0.15) is 27.7 Å². The number of hydrogen-bond donors (Lipinski definition) is 1. The fourth-order valence-corrected chi connectivity index (χ4v) is 1.57. The second kappa shape index (κ2) is 8.21. The average molecular weight is 202 g/mol. The average Bonchev–Trinajstić information content (AvgIpc) is 2.17. The molecule has 0 unspecified atom stereocenters. The molecule has 0 fully saturated rings. The zero-order valence-electron chi connectivity index (χ0n) is 10.2. The molecule has 0 amide bonds. The predicted molar refractivity (Wildman–Crippen MR) is 61.6 cm³/mol. The summed E-state index contributed by atoms with van der Waals surface area (Å²) < 4.78 is 0. The first-order chi connectivity index (χ1) is 6.65. The van der Waals surface area contributed by atoms with Crippen LogP contribution in [0.15, 0.2) is 0 Å². The second-order valence-corrected chi connectivity index (χ2v) is 3.88. The molecule has 0 aromatic carbocycles. The van der Waals surface area contributed by atoms with Crippen molar-refractivity contribution < 1.29 is 5.11 Å². The van der Waals surface area contributed by atoms with Crippen LogP contribution in [-0.4, -0.2) is 60.3 Å². The molecule has 0 saturated carbocycles. The summed E-state index contributed by atoms with van der Waals surface area (Å²) in [6.07, 6.45) is 0. The van der Waals surface area contributed by atoms with E-state index in [2.05, 4.69) is 37.5 Å². The zero-order valence-corrected chi connectivity index (χ0v) is 10.2. The molecule has 0 aromatic rings. The summed E-state index contributed by atoms with van der Waals surface area (Å²) in [6.45, 7) is 14.2. The highest BCUT2D eigenvalue weighted by molar-refractivity contribution is 4.65. The van der Waals surface area contributed by atoms with E-state index in [1.807, 2.05) is 0 Å². The van der Waals surface area contributed by atoms with Gasteiger partial charge in [0, 0.05) is 25.7 Å². The van der Waals surface area contributed by atoms with Gasteiger partial charge < -0.3 is 10.0 Å². The molecule has 0 heterocycles. The number of aliphatic hydroxyl groups excluding tert-OH is 1. The molecule has 0 aromatic heterocycles. The van der Waals surface area contributed by atoms with Crippen molar-refractivity contribution in [2.24, 2.45) is 0 Å². The fourth-order valence-electron chi connectivity index (χ4n) is 1.57. The lowest BCUT2D eigenvalue weighted by Crippen LogP contribution is -2.40. The Labute approximate surface area is 88.7 Å². The zero-order chi connectivity index (χ0) is 11.0. The Bertz CT molecular complexity index is 124. The van der Waals surface area contributed by atoms with Gasteiger partial charge in [-0.2, -0.15) is 0 Å². The van der Waals surface area contributed by atoms with Gasteiger partial charge in [0.2, 0.25) is 0 Å². The van der Waals surface area contributed by atoms with Gasteiger partial charge in [-0.3, -0.25) is 4.90 Å². The Kier molecular flexibility index (Phi) is 8.14. The van der Waals surface area contributed by atoms with Gasteiger partial charge in [0.15, 0.2) is 0 Å². The minimum atomic E-state index is 0.260. The van der Waals surface area contributed by atoms with E-state index in [4.69, 9.17) is 5.11 Å². The van der Waals surface area contributed by atoms with E-state index in [-0.39, 0.29) is 6.61 Å². The molecule has 0 saturated heterocycles. The summed E-state index contributed by atoms with van der Waals surface area (Å²) in [6, 6.07) is 0.526. The van der Waals surface area contributed by atoms with Crippen molar-refractivity contribution in [3.63, 3.8) is 0 Å². The van der Waals surface area contributed by atoms with E-state index in [0.717, 1.165) is 32.7 Å². The summed E-state index contributed by atoms with van der Waals surface area (Å²) in [7, 11) is 0. The molecule has 3 heteroatoms. The van der Waals surface area contributed by atoms with Crippen molar-refractivity contribution in [1.29, 1.82) is 0 Å². The number of hydrogen-bond acceptors (Lipinski definition) is 3. The van der Waals surface area contributed by atoms with Crippen molar-refractivity contribution in [2.75, 3.05) is 39.3 Å². The standard InChI is InChI=1S/C11H26N2O/c1-5-12(6-2)7-8-13(9-10-14)11(3)4/h11,14H,5-10H2,1-4H3.